The average molecular weight is 264 g/mol. The molecule has 0 aromatic heterocycles. The van der Waals surface area contributed by atoms with Crippen LogP contribution in [-0.2, 0) is 19.4 Å². The lowest BCUT2D eigenvalue weighted by Gasteiger charge is -2.14. The molecule has 6 nitrogen and oxygen atoms in total. The molecule has 0 aromatic rings. The van der Waals surface area contributed by atoms with Crippen LogP contribution in [0.5, 0.6) is 0 Å². The minimum Gasteiger partial charge on any atom is -0.376 e. The van der Waals surface area contributed by atoms with Crippen LogP contribution in [0.2, 0.25) is 0 Å². The zero-order chi connectivity index (χ0) is 12.9. The molecule has 17 heavy (non-hydrogen) atoms. The topological polar surface area (TPSA) is 98.5 Å². The first-order chi connectivity index (χ1) is 7.88. The van der Waals surface area contributed by atoms with Crippen molar-refractivity contribution in [3.05, 3.63) is 0 Å². The van der Waals surface area contributed by atoms with Crippen molar-refractivity contribution in [2.24, 2.45) is 5.73 Å². The van der Waals surface area contributed by atoms with Crippen molar-refractivity contribution in [2.45, 2.75) is 31.4 Å². The van der Waals surface area contributed by atoms with E-state index >= 15 is 0 Å². The number of amides is 1. The highest BCUT2D eigenvalue weighted by atomic mass is 32.2. The molecule has 1 amide bonds. The van der Waals surface area contributed by atoms with Crippen LogP contribution < -0.4 is 11.1 Å². The molecule has 0 saturated carbocycles. The van der Waals surface area contributed by atoms with Crippen LogP contribution in [0.15, 0.2) is 0 Å². The van der Waals surface area contributed by atoms with Gasteiger partial charge in [-0.1, -0.05) is 0 Å². The molecule has 0 aromatic carbocycles. The number of nitrogens with one attached hydrogen (secondary N) is 1. The van der Waals surface area contributed by atoms with Gasteiger partial charge in [-0.2, -0.15) is 0 Å². The van der Waals surface area contributed by atoms with Gasteiger partial charge in [0.1, 0.15) is 9.84 Å². The van der Waals surface area contributed by atoms with Gasteiger partial charge < -0.3 is 15.8 Å². The summed E-state index contributed by atoms with van der Waals surface area (Å²) >= 11 is 0. The molecule has 1 aliphatic heterocycles. The molecule has 7 heteroatoms. The van der Waals surface area contributed by atoms with E-state index in [0.29, 0.717) is 6.54 Å². The molecular weight excluding hydrogens is 244 g/mol. The smallest absolute Gasteiger partial charge is 0.237 e. The van der Waals surface area contributed by atoms with Gasteiger partial charge in [-0.05, 0) is 19.3 Å². The molecule has 1 rings (SSSR count). The van der Waals surface area contributed by atoms with E-state index in [-0.39, 0.29) is 24.2 Å². The Bertz CT molecular complexity index is 349. The molecule has 2 unspecified atom stereocenters. The average Bonchev–Trinajstić information content (AvgIpc) is 2.74. The standard InChI is InChI=1S/C10H20N2O4S/c1-17(14,15)6-4-9(11)10(13)12-7-8-3-2-5-16-8/h8-9H,2-7,11H2,1H3,(H,12,13). The number of sulfone groups is 1. The van der Waals surface area contributed by atoms with Crippen LogP contribution in [0.25, 0.3) is 0 Å². The van der Waals surface area contributed by atoms with Crippen molar-refractivity contribution >= 4 is 15.7 Å². The monoisotopic (exact) mass is 264 g/mol. The Morgan fingerprint density at radius 1 is 1.59 bits per heavy atom. The zero-order valence-electron chi connectivity index (χ0n) is 10.0. The van der Waals surface area contributed by atoms with Gasteiger partial charge in [0, 0.05) is 19.4 Å². The van der Waals surface area contributed by atoms with Crippen molar-refractivity contribution in [2.75, 3.05) is 25.2 Å². The number of ether oxygens (including phenoxy) is 1. The van der Waals surface area contributed by atoms with Gasteiger partial charge in [0.05, 0.1) is 17.9 Å². The third-order valence-electron chi connectivity index (χ3n) is 2.66. The molecular formula is C10H20N2O4S. The maximum Gasteiger partial charge on any atom is 0.237 e. The van der Waals surface area contributed by atoms with Crippen LogP contribution in [0.4, 0.5) is 0 Å². The summed E-state index contributed by atoms with van der Waals surface area (Å²) in [5.74, 6) is -0.384. The lowest BCUT2D eigenvalue weighted by Crippen LogP contribution is -2.44. The van der Waals surface area contributed by atoms with Gasteiger partial charge >= 0.3 is 0 Å². The molecule has 2 atom stereocenters. The third-order valence-corrected chi connectivity index (χ3v) is 3.64. The summed E-state index contributed by atoms with van der Waals surface area (Å²) in [6.45, 7) is 1.19. The highest BCUT2D eigenvalue weighted by Crippen LogP contribution is 2.10. The number of hydrogen-bond acceptors (Lipinski definition) is 5. The van der Waals surface area contributed by atoms with Crippen molar-refractivity contribution in [1.29, 1.82) is 0 Å². The summed E-state index contributed by atoms with van der Waals surface area (Å²) < 4.78 is 27.2. The van der Waals surface area contributed by atoms with Crippen molar-refractivity contribution < 1.29 is 17.9 Å². The minimum absolute atomic E-state index is 0.0679. The molecule has 0 bridgehead atoms. The number of hydrogen-bond donors (Lipinski definition) is 2. The minimum atomic E-state index is -3.07. The highest BCUT2D eigenvalue weighted by Gasteiger charge is 2.19. The molecule has 1 aliphatic rings. The lowest BCUT2D eigenvalue weighted by molar-refractivity contribution is -0.122. The maximum absolute atomic E-state index is 11.5. The van der Waals surface area contributed by atoms with E-state index in [1.54, 1.807) is 0 Å². The van der Waals surface area contributed by atoms with Gasteiger partial charge in [0.25, 0.3) is 0 Å². The molecule has 1 saturated heterocycles. The molecule has 100 valence electrons. The quantitative estimate of drug-likeness (QED) is 0.644. The Balaban J connectivity index is 2.21. The fourth-order valence-corrected chi connectivity index (χ4v) is 2.31. The fourth-order valence-electron chi connectivity index (χ4n) is 1.62. The van der Waals surface area contributed by atoms with Gasteiger partial charge in [0.2, 0.25) is 5.91 Å². The number of carbonyl (C=O) groups excluding carboxylic acids is 1. The van der Waals surface area contributed by atoms with E-state index < -0.39 is 15.9 Å². The summed E-state index contributed by atoms with van der Waals surface area (Å²) in [5, 5.41) is 2.68. The highest BCUT2D eigenvalue weighted by molar-refractivity contribution is 7.90. The fraction of sp³-hybridized carbons (Fsp3) is 0.900. The van der Waals surface area contributed by atoms with E-state index in [1.807, 2.05) is 0 Å². The number of rotatable bonds is 6. The van der Waals surface area contributed by atoms with Crippen LogP contribution >= 0.6 is 0 Å². The summed E-state index contributed by atoms with van der Waals surface area (Å²) in [7, 11) is -3.07. The van der Waals surface area contributed by atoms with E-state index in [1.165, 1.54) is 0 Å². The number of nitrogens with two attached hydrogens (primary N) is 1. The molecule has 0 spiro atoms. The van der Waals surface area contributed by atoms with E-state index in [4.69, 9.17) is 10.5 Å². The molecule has 1 fully saturated rings. The largest absolute Gasteiger partial charge is 0.376 e. The van der Waals surface area contributed by atoms with Gasteiger partial charge in [0.15, 0.2) is 0 Å². The summed E-state index contributed by atoms with van der Waals surface area (Å²) in [6, 6.07) is -0.772. The summed E-state index contributed by atoms with van der Waals surface area (Å²) in [5.41, 5.74) is 5.59. The lowest BCUT2D eigenvalue weighted by atomic mass is 10.2. The second-order valence-corrected chi connectivity index (χ2v) is 6.66. The van der Waals surface area contributed by atoms with Gasteiger partial charge in [-0.15, -0.1) is 0 Å². The zero-order valence-corrected chi connectivity index (χ0v) is 10.8. The molecule has 1 heterocycles. The first kappa shape index (κ1) is 14.4. The van der Waals surface area contributed by atoms with Crippen LogP contribution in [0.3, 0.4) is 0 Å². The van der Waals surface area contributed by atoms with Gasteiger partial charge in [-0.25, -0.2) is 8.42 Å². The van der Waals surface area contributed by atoms with Crippen molar-refractivity contribution in [1.82, 2.24) is 5.32 Å². The third kappa shape index (κ3) is 5.99. The Kier molecular flexibility index (Phi) is 5.35. The second-order valence-electron chi connectivity index (χ2n) is 4.41. The Hall–Kier alpha value is -0.660. The molecule has 3 N–H and O–H groups in total. The van der Waals surface area contributed by atoms with E-state index in [0.717, 1.165) is 25.7 Å². The Morgan fingerprint density at radius 2 is 2.29 bits per heavy atom. The first-order valence-electron chi connectivity index (χ1n) is 5.71. The summed E-state index contributed by atoms with van der Waals surface area (Å²) in [6.07, 6.45) is 3.31. The number of carbonyl (C=O) groups is 1. The first-order valence-corrected chi connectivity index (χ1v) is 7.77. The van der Waals surface area contributed by atoms with Gasteiger partial charge in [-0.3, -0.25) is 4.79 Å². The van der Waals surface area contributed by atoms with E-state index in [9.17, 15) is 13.2 Å². The second kappa shape index (κ2) is 6.32. The van der Waals surface area contributed by atoms with Crippen LogP contribution in [0.1, 0.15) is 19.3 Å². The predicted octanol–water partition coefficient (Wildman–Crippen LogP) is -0.956. The molecule has 0 aliphatic carbocycles. The normalized spacial score (nSPS) is 22.4. The van der Waals surface area contributed by atoms with E-state index in [2.05, 4.69) is 5.32 Å². The molecule has 0 radical (unpaired) electrons. The SMILES string of the molecule is CS(=O)(=O)CCC(N)C(=O)NCC1CCCO1. The van der Waals surface area contributed by atoms with Crippen LogP contribution in [-0.4, -0.2) is 51.6 Å². The maximum atomic E-state index is 11.5. The van der Waals surface area contributed by atoms with Crippen LogP contribution in [0, 0.1) is 0 Å². The Labute approximate surface area is 102 Å². The predicted molar refractivity (Wildman–Crippen MR) is 64.3 cm³/mol. The Morgan fingerprint density at radius 3 is 2.82 bits per heavy atom. The van der Waals surface area contributed by atoms with Crippen molar-refractivity contribution in [3.63, 3.8) is 0 Å². The van der Waals surface area contributed by atoms with Crippen molar-refractivity contribution in [3.8, 4) is 0 Å². The summed E-state index contributed by atoms with van der Waals surface area (Å²) in [4.78, 5) is 11.5.